The molecule has 1 heterocycles. The zero-order valence-corrected chi connectivity index (χ0v) is 12.0. The molecule has 0 bridgehead atoms. The van der Waals surface area contributed by atoms with Crippen LogP contribution in [0.5, 0.6) is 5.75 Å². The molecule has 8 heteroatoms. The number of nitrogens with one attached hydrogen (secondary N) is 2. The molecule has 7 nitrogen and oxygen atoms in total. The zero-order chi connectivity index (χ0) is 14.7. The van der Waals surface area contributed by atoms with Crippen LogP contribution in [0, 0.1) is 5.92 Å². The first kappa shape index (κ1) is 14.2. The van der Waals surface area contributed by atoms with Gasteiger partial charge in [0.1, 0.15) is 11.5 Å². The van der Waals surface area contributed by atoms with E-state index < -0.39 is 11.8 Å². The first-order valence-corrected chi connectivity index (χ1v) is 6.47. The third kappa shape index (κ3) is 3.02. The van der Waals surface area contributed by atoms with Crippen LogP contribution in [-0.2, 0) is 9.59 Å². The molecule has 0 aromatic heterocycles. The van der Waals surface area contributed by atoms with Crippen LogP contribution < -0.4 is 10.9 Å². The van der Waals surface area contributed by atoms with Crippen LogP contribution in [0.2, 0.25) is 0 Å². The maximum atomic E-state index is 11.7. The normalized spacial score (nSPS) is 18.0. The summed E-state index contributed by atoms with van der Waals surface area (Å²) in [6, 6.07) is 4.82. The van der Waals surface area contributed by atoms with Crippen molar-refractivity contribution >= 4 is 39.7 Å². The molecule has 1 unspecified atom stereocenters. The Morgan fingerprint density at radius 1 is 1.60 bits per heavy atom. The number of halogens is 1. The summed E-state index contributed by atoms with van der Waals surface area (Å²) >= 11 is 3.26. The van der Waals surface area contributed by atoms with E-state index in [1.807, 2.05) is 0 Å². The second-order valence-corrected chi connectivity index (χ2v) is 5.01. The third-order valence-electron chi connectivity index (χ3n) is 2.68. The molecule has 0 saturated carbocycles. The molecule has 0 fully saturated rings. The lowest BCUT2D eigenvalue weighted by atomic mass is 10.1. The first-order valence-electron chi connectivity index (χ1n) is 5.68. The Morgan fingerprint density at radius 2 is 2.35 bits per heavy atom. The van der Waals surface area contributed by atoms with Crippen molar-refractivity contribution in [2.75, 3.05) is 0 Å². The summed E-state index contributed by atoms with van der Waals surface area (Å²) in [5.74, 6) is -1.47. The van der Waals surface area contributed by atoms with E-state index in [-0.39, 0.29) is 17.4 Å². The van der Waals surface area contributed by atoms with Crippen molar-refractivity contribution in [2.45, 2.75) is 6.92 Å². The standard InChI is InChI=1S/C12H11BrN4O3/c1-6-10(15-17-11(6)19)12(20)16-14-5-7-4-8(13)2-3-9(7)18/h2-6,18H,1H3,(H,16,20)(H,17,19)/b14-5-. The maximum Gasteiger partial charge on any atom is 0.288 e. The molecule has 0 saturated heterocycles. The zero-order valence-electron chi connectivity index (χ0n) is 10.4. The number of carbonyl (C=O) groups is 2. The van der Waals surface area contributed by atoms with Gasteiger partial charge in [-0.05, 0) is 25.1 Å². The molecule has 104 valence electrons. The van der Waals surface area contributed by atoms with E-state index in [9.17, 15) is 14.7 Å². The predicted octanol–water partition coefficient (Wildman–Crippen LogP) is 0.727. The Hall–Kier alpha value is -2.22. The Labute approximate surface area is 122 Å². The molecule has 1 aliphatic rings. The largest absolute Gasteiger partial charge is 0.507 e. The number of phenolic OH excluding ortho intramolecular Hbond substituents is 1. The van der Waals surface area contributed by atoms with Gasteiger partial charge in [-0.15, -0.1) is 0 Å². The number of amides is 2. The fourth-order valence-corrected chi connectivity index (χ4v) is 1.91. The fraction of sp³-hybridized carbons (Fsp3) is 0.167. The summed E-state index contributed by atoms with van der Waals surface area (Å²) in [5, 5.41) is 16.9. The summed E-state index contributed by atoms with van der Waals surface area (Å²) in [6.45, 7) is 1.57. The van der Waals surface area contributed by atoms with Crippen LogP contribution in [-0.4, -0.2) is 28.8 Å². The van der Waals surface area contributed by atoms with E-state index in [0.717, 1.165) is 4.47 Å². The molecule has 1 aromatic rings. The molecule has 20 heavy (non-hydrogen) atoms. The lowest BCUT2D eigenvalue weighted by molar-refractivity contribution is -0.122. The molecule has 3 N–H and O–H groups in total. The van der Waals surface area contributed by atoms with Gasteiger partial charge in [-0.3, -0.25) is 9.59 Å². The van der Waals surface area contributed by atoms with E-state index in [1.54, 1.807) is 19.1 Å². The number of nitrogens with zero attached hydrogens (tertiary/aromatic N) is 2. The highest BCUT2D eigenvalue weighted by Gasteiger charge is 2.30. The highest BCUT2D eigenvalue weighted by atomic mass is 79.9. The topological polar surface area (TPSA) is 103 Å². The number of hydrazone groups is 2. The molecule has 1 aromatic carbocycles. The van der Waals surface area contributed by atoms with Crippen LogP contribution in [0.3, 0.4) is 0 Å². The van der Waals surface area contributed by atoms with Crippen molar-refractivity contribution in [1.82, 2.24) is 10.9 Å². The number of hydrogen-bond acceptors (Lipinski definition) is 5. The highest BCUT2D eigenvalue weighted by Crippen LogP contribution is 2.19. The Balaban J connectivity index is 2.02. The average Bonchev–Trinajstić information content (AvgIpc) is 2.74. The van der Waals surface area contributed by atoms with Gasteiger partial charge < -0.3 is 5.11 Å². The Bertz CT molecular complexity index is 627. The summed E-state index contributed by atoms with van der Waals surface area (Å²) in [6.07, 6.45) is 1.30. The van der Waals surface area contributed by atoms with Gasteiger partial charge in [0.2, 0.25) is 5.91 Å². The molecule has 2 rings (SSSR count). The number of phenols is 1. The minimum absolute atomic E-state index is 0.0367. The average molecular weight is 339 g/mol. The molecule has 1 atom stereocenters. The van der Waals surface area contributed by atoms with Crippen LogP contribution in [0.25, 0.3) is 0 Å². The highest BCUT2D eigenvalue weighted by molar-refractivity contribution is 9.10. The van der Waals surface area contributed by atoms with Crippen molar-refractivity contribution in [1.29, 1.82) is 0 Å². The number of benzene rings is 1. The predicted molar refractivity (Wildman–Crippen MR) is 76.3 cm³/mol. The van der Waals surface area contributed by atoms with Crippen LogP contribution >= 0.6 is 15.9 Å². The van der Waals surface area contributed by atoms with Crippen molar-refractivity contribution in [3.8, 4) is 5.75 Å². The van der Waals surface area contributed by atoms with E-state index in [4.69, 9.17) is 0 Å². The molecule has 0 radical (unpaired) electrons. The molecular formula is C12H11BrN4O3. The summed E-state index contributed by atoms with van der Waals surface area (Å²) in [5.41, 5.74) is 4.98. The van der Waals surface area contributed by atoms with Gasteiger partial charge >= 0.3 is 0 Å². The van der Waals surface area contributed by atoms with E-state index in [1.165, 1.54) is 12.3 Å². The molecule has 2 amide bonds. The number of rotatable bonds is 3. The van der Waals surface area contributed by atoms with Gasteiger partial charge in [0.05, 0.1) is 12.1 Å². The Morgan fingerprint density at radius 3 is 3.00 bits per heavy atom. The second-order valence-electron chi connectivity index (χ2n) is 4.10. The van der Waals surface area contributed by atoms with Crippen molar-refractivity contribution in [2.24, 2.45) is 16.1 Å². The van der Waals surface area contributed by atoms with Crippen molar-refractivity contribution in [3.05, 3.63) is 28.2 Å². The van der Waals surface area contributed by atoms with Gasteiger partial charge in [0.25, 0.3) is 5.91 Å². The van der Waals surface area contributed by atoms with Gasteiger partial charge in [0, 0.05) is 10.0 Å². The monoisotopic (exact) mass is 338 g/mol. The lowest BCUT2D eigenvalue weighted by Crippen LogP contribution is -2.32. The number of hydrogen-bond donors (Lipinski definition) is 3. The van der Waals surface area contributed by atoms with Crippen molar-refractivity contribution in [3.63, 3.8) is 0 Å². The first-order chi connectivity index (χ1) is 9.49. The molecule has 0 spiro atoms. The fourth-order valence-electron chi connectivity index (χ4n) is 1.53. The summed E-state index contributed by atoms with van der Waals surface area (Å²) in [7, 11) is 0. The second kappa shape index (κ2) is 5.83. The maximum absolute atomic E-state index is 11.7. The smallest absolute Gasteiger partial charge is 0.288 e. The quantitative estimate of drug-likeness (QED) is 0.559. The summed E-state index contributed by atoms with van der Waals surface area (Å²) < 4.78 is 0.770. The van der Waals surface area contributed by atoms with E-state index >= 15 is 0 Å². The van der Waals surface area contributed by atoms with Crippen LogP contribution in [0.4, 0.5) is 0 Å². The summed E-state index contributed by atoms with van der Waals surface area (Å²) in [4.78, 5) is 22.9. The van der Waals surface area contributed by atoms with Gasteiger partial charge in [-0.2, -0.15) is 10.2 Å². The van der Waals surface area contributed by atoms with E-state index in [2.05, 4.69) is 37.0 Å². The number of aromatic hydroxyl groups is 1. The molecular weight excluding hydrogens is 328 g/mol. The molecule has 1 aliphatic heterocycles. The minimum Gasteiger partial charge on any atom is -0.507 e. The van der Waals surface area contributed by atoms with Gasteiger partial charge in [0.15, 0.2) is 0 Å². The van der Waals surface area contributed by atoms with E-state index in [0.29, 0.717) is 5.56 Å². The lowest BCUT2D eigenvalue weighted by Gasteiger charge is -2.02. The molecule has 0 aliphatic carbocycles. The SMILES string of the molecule is CC1C(=O)NN=C1C(=O)N/N=C\c1cc(Br)ccc1O. The Kier molecular flexibility index (Phi) is 4.14. The van der Waals surface area contributed by atoms with Crippen molar-refractivity contribution < 1.29 is 14.7 Å². The van der Waals surface area contributed by atoms with Gasteiger partial charge in [-0.25, -0.2) is 10.9 Å². The van der Waals surface area contributed by atoms with Crippen LogP contribution in [0.1, 0.15) is 12.5 Å². The third-order valence-corrected chi connectivity index (χ3v) is 3.18. The minimum atomic E-state index is -0.607. The number of carbonyl (C=O) groups excluding carboxylic acids is 2. The van der Waals surface area contributed by atoms with Crippen LogP contribution in [0.15, 0.2) is 32.9 Å². The van der Waals surface area contributed by atoms with Gasteiger partial charge in [-0.1, -0.05) is 15.9 Å².